The maximum atomic E-state index is 14.2. The second-order valence-electron chi connectivity index (χ2n) is 6.59. The summed E-state index contributed by atoms with van der Waals surface area (Å²) in [7, 11) is -9.17. The molecule has 0 aromatic heterocycles. The first-order valence-electron chi connectivity index (χ1n) is 9.51. The highest BCUT2D eigenvalue weighted by atomic mass is 32.3. The van der Waals surface area contributed by atoms with Crippen molar-refractivity contribution >= 4 is 20.8 Å². The van der Waals surface area contributed by atoms with Gasteiger partial charge in [-0.3, -0.25) is 0 Å². The molecule has 0 aliphatic carbocycles. The fraction of sp³-hybridized carbons (Fsp3) is 0.368. The van der Waals surface area contributed by atoms with Crippen LogP contribution >= 0.6 is 0 Å². The van der Waals surface area contributed by atoms with E-state index in [1.54, 1.807) is 0 Å². The summed E-state index contributed by atoms with van der Waals surface area (Å²) in [5.41, 5.74) is -7.20. The van der Waals surface area contributed by atoms with E-state index in [-0.39, 0.29) is 13.2 Å². The van der Waals surface area contributed by atoms with Gasteiger partial charge in [0, 0.05) is 0 Å². The largest absolute Gasteiger partial charge is 0.449 e. The molecule has 0 saturated heterocycles. The molecule has 196 valence electrons. The van der Waals surface area contributed by atoms with Crippen LogP contribution in [-0.2, 0) is 34.6 Å². The van der Waals surface area contributed by atoms with Crippen molar-refractivity contribution in [3.05, 3.63) is 59.7 Å². The predicted octanol–water partition coefficient (Wildman–Crippen LogP) is 4.42. The van der Waals surface area contributed by atoms with Crippen LogP contribution in [0.2, 0.25) is 0 Å². The van der Waals surface area contributed by atoms with Crippen LogP contribution in [0.4, 0.5) is 26.3 Å². The minimum absolute atomic E-state index is 0.322. The van der Waals surface area contributed by atoms with Crippen molar-refractivity contribution in [2.45, 2.75) is 31.6 Å². The van der Waals surface area contributed by atoms with Crippen molar-refractivity contribution in [1.29, 1.82) is 0 Å². The normalized spacial score (nSPS) is 13.5. The number of hydrogen-bond donors (Lipinski definition) is 0. The Morgan fingerprint density at radius 1 is 0.600 bits per heavy atom. The number of halogens is 6. The predicted molar refractivity (Wildman–Crippen MR) is 108 cm³/mol. The Balaban J connectivity index is 2.61. The van der Waals surface area contributed by atoms with E-state index in [1.165, 1.54) is 13.8 Å². The van der Waals surface area contributed by atoms with Crippen molar-refractivity contribution in [2.24, 2.45) is 0 Å². The Hall–Kier alpha value is -2.56. The standard InChI is InChI=1S/C19H18F6O8S2/c1-3-30-34(26,27)32-15-9-5-13(6-10-15)17(18(20,21)22,19(23,24)25)14-7-11-16(12-8-14)33-35(28,29)31-4-2/h5-12H,3-4H2,1-2H3. The Bertz CT molecular complexity index is 1110. The van der Waals surface area contributed by atoms with Gasteiger partial charge >= 0.3 is 33.2 Å². The maximum absolute atomic E-state index is 14.2. The van der Waals surface area contributed by atoms with Gasteiger partial charge in [0.25, 0.3) is 0 Å². The van der Waals surface area contributed by atoms with Gasteiger partial charge < -0.3 is 8.37 Å². The second-order valence-corrected chi connectivity index (χ2v) is 9.03. The molecule has 2 aromatic carbocycles. The lowest BCUT2D eigenvalue weighted by Crippen LogP contribution is -2.54. The molecule has 8 nitrogen and oxygen atoms in total. The van der Waals surface area contributed by atoms with Gasteiger partial charge in [0.15, 0.2) is 0 Å². The molecule has 0 N–H and O–H groups in total. The highest BCUT2D eigenvalue weighted by Crippen LogP contribution is 2.56. The van der Waals surface area contributed by atoms with Gasteiger partial charge in [-0.15, -0.1) is 0 Å². The van der Waals surface area contributed by atoms with Gasteiger partial charge in [0.2, 0.25) is 5.41 Å². The second kappa shape index (κ2) is 10.2. The first-order valence-corrected chi connectivity index (χ1v) is 12.2. The summed E-state index contributed by atoms with van der Waals surface area (Å²) in [5.74, 6) is -1.18. The zero-order chi connectivity index (χ0) is 26.7. The Morgan fingerprint density at radius 3 is 1.11 bits per heavy atom. The Morgan fingerprint density at radius 2 is 0.886 bits per heavy atom. The highest BCUT2D eigenvalue weighted by Gasteiger charge is 2.72. The van der Waals surface area contributed by atoms with Crippen molar-refractivity contribution in [3.63, 3.8) is 0 Å². The van der Waals surface area contributed by atoms with Gasteiger partial charge in [-0.05, 0) is 49.2 Å². The summed E-state index contributed by atoms with van der Waals surface area (Å²) in [5, 5.41) is 0. The van der Waals surface area contributed by atoms with Crippen molar-refractivity contribution < 1.29 is 59.9 Å². The number of rotatable bonds is 10. The SMILES string of the molecule is CCOS(=O)(=O)Oc1ccc(C(c2ccc(OS(=O)(=O)OCC)cc2)(C(F)(F)F)C(F)(F)F)cc1. The van der Waals surface area contributed by atoms with Crippen LogP contribution in [0, 0.1) is 0 Å². The molecule has 0 bridgehead atoms. The fourth-order valence-corrected chi connectivity index (χ4v) is 4.44. The van der Waals surface area contributed by atoms with Crippen LogP contribution in [0.25, 0.3) is 0 Å². The average molecular weight is 552 g/mol. The molecule has 0 fully saturated rings. The van der Waals surface area contributed by atoms with E-state index in [4.69, 9.17) is 0 Å². The molecule has 0 heterocycles. The van der Waals surface area contributed by atoms with E-state index in [0.29, 0.717) is 48.5 Å². The van der Waals surface area contributed by atoms with Crippen LogP contribution in [0.1, 0.15) is 25.0 Å². The summed E-state index contributed by atoms with van der Waals surface area (Å²) in [6.45, 7) is 1.98. The van der Waals surface area contributed by atoms with E-state index < -0.39 is 61.2 Å². The van der Waals surface area contributed by atoms with Crippen molar-refractivity contribution in [1.82, 2.24) is 0 Å². The molecule has 35 heavy (non-hydrogen) atoms. The van der Waals surface area contributed by atoms with Gasteiger partial charge in [-0.2, -0.15) is 43.2 Å². The molecular formula is C19H18F6O8S2. The zero-order valence-electron chi connectivity index (χ0n) is 17.9. The Labute approximate surface area is 197 Å². The van der Waals surface area contributed by atoms with E-state index in [2.05, 4.69) is 16.7 Å². The zero-order valence-corrected chi connectivity index (χ0v) is 19.5. The van der Waals surface area contributed by atoms with Gasteiger partial charge in [0.1, 0.15) is 11.5 Å². The monoisotopic (exact) mass is 552 g/mol. The number of alkyl halides is 6. The first kappa shape index (κ1) is 28.7. The lowest BCUT2D eigenvalue weighted by molar-refractivity contribution is -0.288. The maximum Gasteiger partial charge on any atom is 0.449 e. The van der Waals surface area contributed by atoms with Gasteiger partial charge in [0.05, 0.1) is 13.2 Å². The molecule has 0 unspecified atom stereocenters. The van der Waals surface area contributed by atoms with Gasteiger partial charge in [-0.25, -0.2) is 8.37 Å². The number of hydrogen-bond acceptors (Lipinski definition) is 8. The molecule has 0 radical (unpaired) electrons. The highest BCUT2D eigenvalue weighted by molar-refractivity contribution is 7.82. The molecule has 0 atom stereocenters. The van der Waals surface area contributed by atoms with E-state index in [9.17, 15) is 43.2 Å². The molecule has 2 rings (SSSR count). The summed E-state index contributed by atoms with van der Waals surface area (Å²) < 4.78 is 149. The summed E-state index contributed by atoms with van der Waals surface area (Å²) in [6.07, 6.45) is -11.9. The third kappa shape index (κ3) is 6.36. The molecule has 0 aliphatic rings. The molecule has 0 amide bonds. The Kier molecular flexibility index (Phi) is 8.36. The average Bonchev–Trinajstić information content (AvgIpc) is 2.68. The van der Waals surface area contributed by atoms with Crippen molar-refractivity contribution in [2.75, 3.05) is 13.2 Å². The van der Waals surface area contributed by atoms with Crippen LogP contribution in [-0.4, -0.2) is 42.4 Å². The van der Waals surface area contributed by atoms with Crippen LogP contribution < -0.4 is 8.37 Å². The van der Waals surface area contributed by atoms with E-state index in [1.807, 2.05) is 0 Å². The topological polar surface area (TPSA) is 105 Å². The lowest BCUT2D eigenvalue weighted by atomic mass is 9.73. The first-order chi connectivity index (χ1) is 16.0. The molecule has 0 aliphatic heterocycles. The quantitative estimate of drug-likeness (QED) is 0.399. The number of benzene rings is 2. The fourth-order valence-electron chi connectivity index (χ4n) is 3.08. The summed E-state index contributed by atoms with van der Waals surface area (Å²) in [4.78, 5) is 0. The molecule has 16 heteroatoms. The van der Waals surface area contributed by atoms with Gasteiger partial charge in [-0.1, -0.05) is 24.3 Å². The summed E-state index contributed by atoms with van der Waals surface area (Å²) in [6, 6.07) is 4.02. The van der Waals surface area contributed by atoms with Crippen LogP contribution in [0.3, 0.4) is 0 Å². The van der Waals surface area contributed by atoms with Crippen LogP contribution in [0.5, 0.6) is 11.5 Å². The smallest absolute Gasteiger partial charge is 0.362 e. The lowest BCUT2D eigenvalue weighted by Gasteiger charge is -2.38. The van der Waals surface area contributed by atoms with E-state index >= 15 is 0 Å². The minimum atomic E-state index is -5.94. The van der Waals surface area contributed by atoms with E-state index in [0.717, 1.165) is 0 Å². The molecule has 0 spiro atoms. The molecule has 2 aromatic rings. The molecular weight excluding hydrogens is 534 g/mol. The molecule has 0 saturated carbocycles. The summed E-state index contributed by atoms with van der Waals surface area (Å²) >= 11 is 0. The minimum Gasteiger partial charge on any atom is -0.362 e. The van der Waals surface area contributed by atoms with Crippen LogP contribution in [0.15, 0.2) is 48.5 Å². The third-order valence-electron chi connectivity index (χ3n) is 4.35. The van der Waals surface area contributed by atoms with Crippen molar-refractivity contribution in [3.8, 4) is 11.5 Å². The third-order valence-corrected chi connectivity index (χ3v) is 6.19.